The maximum absolute atomic E-state index is 12.1. The zero-order chi connectivity index (χ0) is 22.2. The van der Waals surface area contributed by atoms with E-state index in [1.54, 1.807) is 30.3 Å². The molecule has 3 amide bonds. The topological polar surface area (TPSA) is 106 Å². The van der Waals surface area contributed by atoms with Gasteiger partial charge in [0.2, 0.25) is 0 Å². The average Bonchev–Trinajstić information content (AvgIpc) is 2.78. The SMILES string of the molecule is CCN(CC)c1ccc(C(=O)OCC(=O)NC(=O)Nc2ccc3c(c2)OCCO3)cc1. The third kappa shape index (κ3) is 5.88. The largest absolute Gasteiger partial charge is 0.486 e. The number of carbonyl (C=O) groups excluding carboxylic acids is 3. The van der Waals surface area contributed by atoms with Gasteiger partial charge in [0.15, 0.2) is 18.1 Å². The molecule has 1 aliphatic rings. The van der Waals surface area contributed by atoms with E-state index in [9.17, 15) is 14.4 Å². The number of nitrogens with one attached hydrogen (secondary N) is 2. The number of fused-ring (bicyclic) bond motifs is 1. The Morgan fingerprint density at radius 2 is 1.65 bits per heavy atom. The van der Waals surface area contributed by atoms with Gasteiger partial charge in [-0.25, -0.2) is 9.59 Å². The lowest BCUT2D eigenvalue weighted by Crippen LogP contribution is -2.37. The summed E-state index contributed by atoms with van der Waals surface area (Å²) in [5.41, 5.74) is 1.75. The molecule has 3 rings (SSSR count). The molecular formula is C22H25N3O6. The molecule has 0 spiro atoms. The van der Waals surface area contributed by atoms with Gasteiger partial charge in [0.25, 0.3) is 5.91 Å². The Kier molecular flexibility index (Phi) is 7.31. The first-order valence-corrected chi connectivity index (χ1v) is 10.0. The number of imide groups is 1. The molecule has 31 heavy (non-hydrogen) atoms. The van der Waals surface area contributed by atoms with Crippen LogP contribution in [0.5, 0.6) is 11.5 Å². The van der Waals surface area contributed by atoms with Gasteiger partial charge in [0.05, 0.1) is 5.56 Å². The van der Waals surface area contributed by atoms with Crippen molar-refractivity contribution in [2.75, 3.05) is 43.1 Å². The van der Waals surface area contributed by atoms with E-state index in [4.69, 9.17) is 14.2 Å². The molecule has 1 aliphatic heterocycles. The number of ether oxygens (including phenoxy) is 3. The van der Waals surface area contributed by atoms with Crippen molar-refractivity contribution in [1.82, 2.24) is 5.32 Å². The second-order valence-corrected chi connectivity index (χ2v) is 6.66. The van der Waals surface area contributed by atoms with Gasteiger partial charge in [-0.3, -0.25) is 10.1 Å². The maximum Gasteiger partial charge on any atom is 0.338 e. The van der Waals surface area contributed by atoms with Gasteiger partial charge in [-0.1, -0.05) is 0 Å². The molecule has 2 aromatic carbocycles. The number of esters is 1. The first-order chi connectivity index (χ1) is 15.0. The minimum Gasteiger partial charge on any atom is -0.486 e. The van der Waals surface area contributed by atoms with Crippen LogP contribution >= 0.6 is 0 Å². The number of nitrogens with zero attached hydrogens (tertiary/aromatic N) is 1. The van der Waals surface area contributed by atoms with Crippen LogP contribution in [-0.4, -0.2) is 50.8 Å². The van der Waals surface area contributed by atoms with Crippen LogP contribution in [0.1, 0.15) is 24.2 Å². The lowest BCUT2D eigenvalue weighted by atomic mass is 10.2. The summed E-state index contributed by atoms with van der Waals surface area (Å²) >= 11 is 0. The molecule has 2 N–H and O–H groups in total. The van der Waals surface area contributed by atoms with Gasteiger partial charge >= 0.3 is 12.0 Å². The van der Waals surface area contributed by atoms with Crippen molar-refractivity contribution < 1.29 is 28.6 Å². The highest BCUT2D eigenvalue weighted by atomic mass is 16.6. The van der Waals surface area contributed by atoms with Crippen LogP contribution in [0.4, 0.5) is 16.2 Å². The van der Waals surface area contributed by atoms with E-state index in [-0.39, 0.29) is 0 Å². The van der Waals surface area contributed by atoms with E-state index < -0.39 is 24.5 Å². The number of carbonyl (C=O) groups is 3. The summed E-state index contributed by atoms with van der Waals surface area (Å²) < 4.78 is 15.8. The zero-order valence-electron chi connectivity index (χ0n) is 17.5. The van der Waals surface area contributed by atoms with E-state index in [1.165, 1.54) is 0 Å². The monoisotopic (exact) mass is 427 g/mol. The fraction of sp³-hybridized carbons (Fsp3) is 0.318. The summed E-state index contributed by atoms with van der Waals surface area (Å²) in [7, 11) is 0. The van der Waals surface area contributed by atoms with E-state index in [0.29, 0.717) is 36.0 Å². The number of hydrogen-bond acceptors (Lipinski definition) is 7. The number of rotatable bonds is 7. The smallest absolute Gasteiger partial charge is 0.338 e. The molecular weight excluding hydrogens is 402 g/mol. The summed E-state index contributed by atoms with van der Waals surface area (Å²) in [4.78, 5) is 38.2. The van der Waals surface area contributed by atoms with Crippen molar-refractivity contribution in [1.29, 1.82) is 0 Å². The minimum absolute atomic E-state index is 0.324. The van der Waals surface area contributed by atoms with Crippen molar-refractivity contribution in [3.63, 3.8) is 0 Å². The van der Waals surface area contributed by atoms with E-state index in [0.717, 1.165) is 18.8 Å². The maximum atomic E-state index is 12.1. The number of hydrogen-bond donors (Lipinski definition) is 2. The third-order valence-corrected chi connectivity index (χ3v) is 4.62. The fourth-order valence-corrected chi connectivity index (χ4v) is 3.06. The van der Waals surface area contributed by atoms with Gasteiger partial charge in [-0.15, -0.1) is 0 Å². The molecule has 9 nitrogen and oxygen atoms in total. The van der Waals surface area contributed by atoms with Crippen LogP contribution in [0.25, 0.3) is 0 Å². The van der Waals surface area contributed by atoms with Gasteiger partial charge in [0, 0.05) is 30.5 Å². The molecule has 0 radical (unpaired) electrons. The Labute approximate surface area is 180 Å². The number of anilines is 2. The van der Waals surface area contributed by atoms with Gasteiger partial charge < -0.3 is 24.4 Å². The highest BCUT2D eigenvalue weighted by molar-refractivity contribution is 6.02. The third-order valence-electron chi connectivity index (χ3n) is 4.62. The van der Waals surface area contributed by atoms with Gasteiger partial charge in [-0.05, 0) is 50.2 Å². The summed E-state index contributed by atoms with van der Waals surface area (Å²) in [6, 6.07) is 11.1. The summed E-state index contributed by atoms with van der Waals surface area (Å²) in [5, 5.41) is 4.63. The van der Waals surface area contributed by atoms with E-state index in [1.807, 2.05) is 26.0 Å². The Bertz CT molecular complexity index is 941. The van der Waals surface area contributed by atoms with E-state index in [2.05, 4.69) is 15.5 Å². The fourth-order valence-electron chi connectivity index (χ4n) is 3.06. The molecule has 0 atom stereocenters. The van der Waals surface area contributed by atoms with Crippen molar-refractivity contribution in [3.05, 3.63) is 48.0 Å². The second kappa shape index (κ2) is 10.3. The predicted molar refractivity (Wildman–Crippen MR) is 115 cm³/mol. The van der Waals surface area contributed by atoms with Crippen molar-refractivity contribution in [2.45, 2.75) is 13.8 Å². The lowest BCUT2D eigenvalue weighted by Gasteiger charge is -2.20. The molecule has 1 heterocycles. The molecule has 0 aromatic heterocycles. The molecule has 0 bridgehead atoms. The predicted octanol–water partition coefficient (Wildman–Crippen LogP) is 2.81. The molecule has 0 aliphatic carbocycles. The summed E-state index contributed by atoms with van der Waals surface area (Å²) in [6.07, 6.45) is 0. The number of benzene rings is 2. The first kappa shape index (κ1) is 21.9. The standard InChI is InChI=1S/C22H25N3O6/c1-3-25(4-2)17-8-5-15(6-9-17)21(27)31-14-20(26)24-22(28)23-16-7-10-18-19(13-16)30-12-11-29-18/h5-10,13H,3-4,11-12,14H2,1-2H3,(H2,23,24,26,28). The zero-order valence-corrected chi connectivity index (χ0v) is 17.5. The summed E-state index contributed by atoms with van der Waals surface area (Å²) in [5.74, 6) is -0.293. The Hall–Kier alpha value is -3.75. The number of amides is 3. The lowest BCUT2D eigenvalue weighted by molar-refractivity contribution is -0.123. The molecule has 9 heteroatoms. The molecule has 164 valence electrons. The number of urea groups is 1. The average molecular weight is 427 g/mol. The van der Waals surface area contributed by atoms with Crippen LogP contribution in [0.3, 0.4) is 0 Å². The van der Waals surface area contributed by atoms with Crippen LogP contribution in [0, 0.1) is 0 Å². The van der Waals surface area contributed by atoms with Crippen molar-refractivity contribution >= 4 is 29.3 Å². The highest BCUT2D eigenvalue weighted by Crippen LogP contribution is 2.32. The van der Waals surface area contributed by atoms with Crippen molar-refractivity contribution in [3.8, 4) is 11.5 Å². The van der Waals surface area contributed by atoms with Crippen LogP contribution in [-0.2, 0) is 9.53 Å². The minimum atomic E-state index is -0.749. The normalized spacial score (nSPS) is 11.9. The summed E-state index contributed by atoms with van der Waals surface area (Å²) in [6.45, 7) is 6.12. The highest BCUT2D eigenvalue weighted by Gasteiger charge is 2.15. The van der Waals surface area contributed by atoms with Gasteiger partial charge in [-0.2, -0.15) is 0 Å². The molecule has 0 fully saturated rings. The molecule has 0 saturated carbocycles. The quantitative estimate of drug-likeness (QED) is 0.655. The first-order valence-electron chi connectivity index (χ1n) is 10.0. The van der Waals surface area contributed by atoms with Crippen LogP contribution < -0.4 is 25.0 Å². The molecule has 2 aromatic rings. The van der Waals surface area contributed by atoms with Crippen LogP contribution in [0.15, 0.2) is 42.5 Å². The van der Waals surface area contributed by atoms with E-state index >= 15 is 0 Å². The Morgan fingerprint density at radius 1 is 0.968 bits per heavy atom. The van der Waals surface area contributed by atoms with Crippen molar-refractivity contribution in [2.24, 2.45) is 0 Å². The molecule has 0 unspecified atom stereocenters. The van der Waals surface area contributed by atoms with Gasteiger partial charge in [0.1, 0.15) is 13.2 Å². The second-order valence-electron chi connectivity index (χ2n) is 6.66. The Balaban J connectivity index is 1.46. The van der Waals surface area contributed by atoms with Crippen LogP contribution in [0.2, 0.25) is 0 Å². The molecule has 0 saturated heterocycles. The Morgan fingerprint density at radius 3 is 2.32 bits per heavy atom.